The van der Waals surface area contributed by atoms with Crippen LogP contribution >= 0.6 is 11.8 Å². The van der Waals surface area contributed by atoms with Gasteiger partial charge in [-0.25, -0.2) is 0 Å². The molecule has 0 radical (unpaired) electrons. The van der Waals surface area contributed by atoms with Crippen LogP contribution < -0.4 is 5.73 Å². The van der Waals surface area contributed by atoms with Crippen molar-refractivity contribution in [1.29, 1.82) is 0 Å². The first-order valence-electron chi connectivity index (χ1n) is 13.6. The number of aliphatic hydroxyl groups is 2. The normalized spacial score (nSPS) is 50.1. The van der Waals surface area contributed by atoms with Crippen molar-refractivity contribution in [1.82, 2.24) is 0 Å². The molecule has 7 heteroatoms. The summed E-state index contributed by atoms with van der Waals surface area (Å²) in [6.45, 7) is 12.6. The summed E-state index contributed by atoms with van der Waals surface area (Å²) in [6, 6.07) is 0.270. The Hall–Kier alpha value is -0.890. The molecule has 35 heavy (non-hydrogen) atoms. The molecule has 0 spiro atoms. The number of hydrogen-bond donors (Lipinski definition) is 3. The largest absolute Gasteiger partial charge is 0.461 e. The second-order valence-corrected chi connectivity index (χ2v) is 13.9. The smallest absolute Gasteiger partial charge is 0.316 e. The first kappa shape index (κ1) is 27.2. The topological polar surface area (TPSA) is 111 Å². The molecular formula is C28H46NO5S+. The molecule has 4 aliphatic carbocycles. The Balaban J connectivity index is 1.62. The Morgan fingerprint density at radius 3 is 2.60 bits per heavy atom. The molecule has 0 aromatic heterocycles. The van der Waals surface area contributed by atoms with Gasteiger partial charge in [0, 0.05) is 41.3 Å². The molecule has 0 amide bonds. The number of rotatable bonds is 5. The van der Waals surface area contributed by atoms with Gasteiger partial charge >= 0.3 is 5.97 Å². The van der Waals surface area contributed by atoms with E-state index in [0.29, 0.717) is 19.3 Å². The lowest BCUT2D eigenvalue weighted by Gasteiger charge is -2.61. The van der Waals surface area contributed by atoms with E-state index >= 15 is 0 Å². The number of Topliss-reactive ketones (excluding diaryl/α,β-unsaturated/α-hetero) is 1. The van der Waals surface area contributed by atoms with Gasteiger partial charge in [0.05, 0.1) is 24.0 Å². The Bertz CT molecular complexity index is 851. The van der Waals surface area contributed by atoms with Gasteiger partial charge in [-0.1, -0.05) is 33.8 Å². The number of quaternary nitrogens is 1. The Morgan fingerprint density at radius 1 is 1.23 bits per heavy atom. The molecule has 0 saturated heterocycles. The van der Waals surface area contributed by atoms with E-state index < -0.39 is 29.1 Å². The van der Waals surface area contributed by atoms with Crippen molar-refractivity contribution in [2.45, 2.75) is 109 Å². The number of aliphatic hydroxyl groups excluding tert-OH is 2. The lowest BCUT2D eigenvalue weighted by Crippen LogP contribution is -2.64. The van der Waals surface area contributed by atoms with Gasteiger partial charge in [-0.3, -0.25) is 9.59 Å². The average Bonchev–Trinajstić information content (AvgIpc) is 3.17. The number of hydrogen-bond acceptors (Lipinski definition) is 6. The van der Waals surface area contributed by atoms with Gasteiger partial charge in [-0.05, 0) is 49.4 Å². The zero-order valence-corrected chi connectivity index (χ0v) is 22.8. The SMILES string of the molecule is C=C[C@]1(C)C[C@@H](OC(=O)CSC2CC[C@@H]([NH3+])C[C@H]2O)[C@]2(C)[C@H](C)CC[C@]3(CCC(=O)[C@H]32)[C@@H](C)[C@@H]1O. The molecular weight excluding hydrogens is 462 g/mol. The maximum absolute atomic E-state index is 13.5. The fourth-order valence-corrected chi connectivity index (χ4v) is 9.32. The zero-order valence-electron chi connectivity index (χ0n) is 22.0. The minimum Gasteiger partial charge on any atom is -0.461 e. The molecule has 4 fully saturated rings. The Kier molecular flexibility index (Phi) is 7.58. The number of esters is 1. The predicted octanol–water partition coefficient (Wildman–Crippen LogP) is 3.15. The quantitative estimate of drug-likeness (QED) is 0.389. The van der Waals surface area contributed by atoms with Crippen molar-refractivity contribution in [2.75, 3.05) is 5.75 Å². The lowest BCUT2D eigenvalue weighted by molar-refractivity contribution is -0.428. The number of ketones is 1. The van der Waals surface area contributed by atoms with E-state index in [-0.39, 0.29) is 52.0 Å². The number of carbonyl (C=O) groups excluding carboxylic acids is 2. The van der Waals surface area contributed by atoms with E-state index in [1.54, 1.807) is 0 Å². The molecule has 1 unspecified atom stereocenters. The van der Waals surface area contributed by atoms with Gasteiger partial charge in [-0.2, -0.15) is 0 Å². The van der Waals surface area contributed by atoms with Crippen LogP contribution in [0.1, 0.15) is 79.1 Å². The summed E-state index contributed by atoms with van der Waals surface area (Å²) in [6.07, 6.45) is 6.40. The van der Waals surface area contributed by atoms with Gasteiger partial charge in [-0.15, -0.1) is 18.3 Å². The molecule has 5 N–H and O–H groups in total. The average molecular weight is 509 g/mol. The van der Waals surface area contributed by atoms with Gasteiger partial charge < -0.3 is 20.7 Å². The van der Waals surface area contributed by atoms with Crippen molar-refractivity contribution < 1.29 is 30.3 Å². The minimum atomic E-state index is -0.657. The van der Waals surface area contributed by atoms with Crippen molar-refractivity contribution >= 4 is 23.5 Å². The van der Waals surface area contributed by atoms with Crippen LogP contribution in [0.25, 0.3) is 0 Å². The lowest BCUT2D eigenvalue weighted by atomic mass is 9.44. The highest BCUT2D eigenvalue weighted by Gasteiger charge is 2.68. The van der Waals surface area contributed by atoms with Crippen LogP contribution in [0.4, 0.5) is 0 Å². The maximum atomic E-state index is 13.5. The molecule has 0 aliphatic heterocycles. The van der Waals surface area contributed by atoms with Crippen molar-refractivity contribution in [2.24, 2.45) is 34.0 Å². The van der Waals surface area contributed by atoms with Crippen LogP contribution in [0.2, 0.25) is 0 Å². The molecule has 4 saturated carbocycles. The van der Waals surface area contributed by atoms with Crippen LogP contribution in [0.3, 0.4) is 0 Å². The molecule has 0 heterocycles. The van der Waals surface area contributed by atoms with Crippen molar-refractivity contribution in [3.63, 3.8) is 0 Å². The van der Waals surface area contributed by atoms with E-state index in [2.05, 4.69) is 33.1 Å². The number of ether oxygens (including phenoxy) is 1. The van der Waals surface area contributed by atoms with Crippen LogP contribution in [-0.2, 0) is 14.3 Å². The third-order valence-electron chi connectivity index (χ3n) is 10.9. The van der Waals surface area contributed by atoms with Crippen LogP contribution in [0.15, 0.2) is 12.7 Å². The fourth-order valence-electron chi connectivity index (χ4n) is 8.27. The fraction of sp³-hybridized carbons (Fsp3) is 0.857. The zero-order chi connectivity index (χ0) is 25.8. The molecule has 4 rings (SSSR count). The van der Waals surface area contributed by atoms with Crippen molar-refractivity contribution in [3.05, 3.63) is 12.7 Å². The summed E-state index contributed by atoms with van der Waals surface area (Å²) in [4.78, 5) is 26.7. The van der Waals surface area contributed by atoms with E-state index in [1.807, 2.05) is 13.0 Å². The van der Waals surface area contributed by atoms with Gasteiger partial charge in [0.25, 0.3) is 0 Å². The van der Waals surface area contributed by atoms with E-state index in [0.717, 1.165) is 32.1 Å². The van der Waals surface area contributed by atoms with Crippen LogP contribution in [0, 0.1) is 34.0 Å². The summed E-state index contributed by atoms with van der Waals surface area (Å²) < 4.78 is 6.30. The number of thioether (sulfide) groups is 1. The molecule has 0 aromatic carbocycles. The summed E-state index contributed by atoms with van der Waals surface area (Å²) in [7, 11) is 0. The second kappa shape index (κ2) is 9.77. The first-order chi connectivity index (χ1) is 16.4. The standard InChI is InChI=1S/C28H45NO5S/c1-6-26(4)14-22(34-23(32)15-35-21-8-7-18(29)13-20(21)31)27(5)16(2)9-11-28(17(3)25(26)33)12-10-19(30)24(27)28/h6,16-18,20-22,24-25,31,33H,1,7-15,29H2,2-5H3/p+1/t16-,17+,18-,20-,21?,22-,24+,25+,26-,27+,28+/m1/s1. The van der Waals surface area contributed by atoms with E-state index in [4.69, 9.17) is 4.74 Å². The summed E-state index contributed by atoms with van der Waals surface area (Å²) in [5.74, 6) is 0.122. The highest BCUT2D eigenvalue weighted by atomic mass is 32.2. The van der Waals surface area contributed by atoms with E-state index in [9.17, 15) is 19.8 Å². The monoisotopic (exact) mass is 508 g/mol. The summed E-state index contributed by atoms with van der Waals surface area (Å²) in [5.41, 5.74) is 2.69. The molecule has 6 nitrogen and oxygen atoms in total. The second-order valence-electron chi connectivity index (χ2n) is 12.7. The maximum Gasteiger partial charge on any atom is 0.316 e. The molecule has 0 aromatic rings. The Labute approximate surface area is 214 Å². The molecule has 4 aliphatic rings. The highest BCUT2D eigenvalue weighted by molar-refractivity contribution is 8.00. The summed E-state index contributed by atoms with van der Waals surface area (Å²) in [5, 5.41) is 22.1. The van der Waals surface area contributed by atoms with Crippen LogP contribution in [0.5, 0.6) is 0 Å². The van der Waals surface area contributed by atoms with Gasteiger partial charge in [0.1, 0.15) is 11.9 Å². The van der Waals surface area contributed by atoms with E-state index in [1.165, 1.54) is 11.8 Å². The third kappa shape index (κ3) is 4.42. The Morgan fingerprint density at radius 2 is 1.94 bits per heavy atom. The van der Waals surface area contributed by atoms with Crippen molar-refractivity contribution in [3.8, 4) is 0 Å². The minimum absolute atomic E-state index is 0.0206. The van der Waals surface area contributed by atoms with Crippen LogP contribution in [-0.4, -0.2) is 57.3 Å². The number of carbonyl (C=O) groups is 2. The third-order valence-corrected chi connectivity index (χ3v) is 12.2. The molecule has 198 valence electrons. The first-order valence-corrected chi connectivity index (χ1v) is 14.6. The molecule has 2 bridgehead atoms. The summed E-state index contributed by atoms with van der Waals surface area (Å²) >= 11 is 1.47. The predicted molar refractivity (Wildman–Crippen MR) is 137 cm³/mol. The highest BCUT2D eigenvalue weighted by Crippen LogP contribution is 2.68. The van der Waals surface area contributed by atoms with Gasteiger partial charge in [0.15, 0.2) is 0 Å². The molecule has 11 atom stereocenters. The van der Waals surface area contributed by atoms with Gasteiger partial charge in [0.2, 0.25) is 0 Å².